The van der Waals surface area contributed by atoms with E-state index in [1.54, 1.807) is 0 Å². The molecule has 12 aromatic carbocycles. The summed E-state index contributed by atoms with van der Waals surface area (Å²) < 4.78 is 0. The fourth-order valence-electron chi connectivity index (χ4n) is 12.1. The maximum Gasteiger partial charge on any atom is 0.0727 e. The van der Waals surface area contributed by atoms with Crippen LogP contribution in [0.1, 0.15) is 22.3 Å². The van der Waals surface area contributed by atoms with E-state index in [1.807, 2.05) is 0 Å². The van der Waals surface area contributed by atoms with Crippen LogP contribution in [0.2, 0.25) is 0 Å². The second kappa shape index (κ2) is 18.4. The monoisotopic (exact) mass is 954 g/mol. The number of benzene rings is 12. The first-order valence-electron chi connectivity index (χ1n) is 25.9. The minimum Gasteiger partial charge on any atom is -0.310 e. The Hall–Kier alpha value is -9.76. The molecule has 0 amide bonds. The van der Waals surface area contributed by atoms with Crippen molar-refractivity contribution in [1.82, 2.24) is 0 Å². The van der Waals surface area contributed by atoms with Crippen LogP contribution in [0.25, 0.3) is 66.8 Å². The molecule has 0 aromatic heterocycles. The van der Waals surface area contributed by atoms with Gasteiger partial charge < -0.3 is 9.80 Å². The number of anilines is 6. The fourth-order valence-corrected chi connectivity index (χ4v) is 12.1. The first-order valence-corrected chi connectivity index (χ1v) is 25.9. The summed E-state index contributed by atoms with van der Waals surface area (Å²) in [5, 5.41) is 0. The van der Waals surface area contributed by atoms with Gasteiger partial charge in [-0.25, -0.2) is 0 Å². The van der Waals surface area contributed by atoms with Crippen molar-refractivity contribution in [3.05, 3.63) is 326 Å². The standard InChI is InChI=1S/C73H50N2/c1-5-19-51(20-6-1)55-33-41-59(42-34-55)74(60-43-35-56(36-44-60)52-21-7-2-8-22-52)63-49-70-72(66-29-15-18-32-69(66)73(70)67-30-16-13-27-64(67)65-28-14-17-31-68(65)73)71(50-63)75(61-45-37-57(38-46-61)53-23-9-3-10-24-53)62-47-39-58(40-48-62)54-25-11-4-12-26-54/h1-50H. The predicted molar refractivity (Wildman–Crippen MR) is 314 cm³/mol. The molecule has 0 saturated carbocycles. The second-order valence-corrected chi connectivity index (χ2v) is 19.6. The highest BCUT2D eigenvalue weighted by atomic mass is 15.2. The minimum absolute atomic E-state index is 0.607. The second-order valence-electron chi connectivity index (χ2n) is 19.6. The third-order valence-corrected chi connectivity index (χ3v) is 15.5. The summed E-state index contributed by atoms with van der Waals surface area (Å²) in [7, 11) is 0. The quantitative estimate of drug-likeness (QED) is 0.135. The number of hydrogen-bond donors (Lipinski definition) is 0. The number of nitrogens with zero attached hydrogens (tertiary/aromatic N) is 2. The molecule has 2 nitrogen and oxygen atoms in total. The molecule has 0 radical (unpaired) electrons. The van der Waals surface area contributed by atoms with Gasteiger partial charge in [0.1, 0.15) is 0 Å². The molecule has 14 rings (SSSR count). The van der Waals surface area contributed by atoms with Crippen LogP contribution < -0.4 is 9.80 Å². The SMILES string of the molecule is c1ccc(-c2ccc(N(c3ccc(-c4ccccc4)cc3)c3cc(N(c4ccc(-c5ccccc5)cc4)c4ccc(-c5ccccc5)cc4)c4c(c3)C3(c5ccccc5-c5ccccc53)c3ccccc3-4)cc2)cc1. The summed E-state index contributed by atoms with van der Waals surface area (Å²) in [6, 6.07) is 112. The Morgan fingerprint density at radius 3 is 0.840 bits per heavy atom. The minimum atomic E-state index is -0.607. The lowest BCUT2D eigenvalue weighted by atomic mass is 9.70. The van der Waals surface area contributed by atoms with Crippen LogP contribution in [0.4, 0.5) is 34.1 Å². The average molecular weight is 955 g/mol. The molecule has 0 unspecified atom stereocenters. The molecule has 2 heteroatoms. The Kier molecular flexibility index (Phi) is 10.8. The van der Waals surface area contributed by atoms with Gasteiger partial charge in [-0.15, -0.1) is 0 Å². The van der Waals surface area contributed by atoms with Crippen molar-refractivity contribution in [3.63, 3.8) is 0 Å². The van der Waals surface area contributed by atoms with E-state index in [1.165, 1.54) is 89.0 Å². The molecule has 0 aliphatic heterocycles. The summed E-state index contributed by atoms with van der Waals surface area (Å²) in [5.41, 5.74) is 25.4. The highest BCUT2D eigenvalue weighted by molar-refractivity contribution is 6.03. The Morgan fingerprint density at radius 1 is 0.200 bits per heavy atom. The highest BCUT2D eigenvalue weighted by Gasteiger charge is 2.53. The molecular formula is C73H50N2. The van der Waals surface area contributed by atoms with Crippen LogP contribution in [0.3, 0.4) is 0 Å². The van der Waals surface area contributed by atoms with Crippen molar-refractivity contribution in [1.29, 1.82) is 0 Å². The van der Waals surface area contributed by atoms with Gasteiger partial charge in [0, 0.05) is 34.0 Å². The van der Waals surface area contributed by atoms with Crippen molar-refractivity contribution in [3.8, 4) is 66.8 Å². The Labute approximate surface area is 439 Å². The van der Waals surface area contributed by atoms with E-state index in [9.17, 15) is 0 Å². The summed E-state index contributed by atoms with van der Waals surface area (Å²) in [6.07, 6.45) is 0. The lowest BCUT2D eigenvalue weighted by Gasteiger charge is -2.34. The van der Waals surface area contributed by atoms with E-state index in [2.05, 4.69) is 313 Å². The van der Waals surface area contributed by atoms with Gasteiger partial charge in [0.05, 0.1) is 11.1 Å². The van der Waals surface area contributed by atoms with E-state index in [0.29, 0.717) is 0 Å². The number of fused-ring (bicyclic) bond motifs is 10. The fraction of sp³-hybridized carbons (Fsp3) is 0.0137. The molecular weight excluding hydrogens is 905 g/mol. The van der Waals surface area contributed by atoms with Gasteiger partial charge in [0.2, 0.25) is 0 Å². The van der Waals surface area contributed by atoms with Crippen molar-refractivity contribution >= 4 is 34.1 Å². The molecule has 75 heavy (non-hydrogen) atoms. The third kappa shape index (κ3) is 7.41. The van der Waals surface area contributed by atoms with Crippen molar-refractivity contribution < 1.29 is 0 Å². The predicted octanol–water partition coefficient (Wildman–Crippen LogP) is 19.6. The maximum absolute atomic E-state index is 2.52. The summed E-state index contributed by atoms with van der Waals surface area (Å²) in [5.74, 6) is 0. The largest absolute Gasteiger partial charge is 0.310 e. The third-order valence-electron chi connectivity index (χ3n) is 15.5. The topological polar surface area (TPSA) is 6.48 Å². The first kappa shape index (κ1) is 44.0. The molecule has 0 bridgehead atoms. The van der Waals surface area contributed by atoms with Crippen LogP contribution in [0.15, 0.2) is 303 Å². The van der Waals surface area contributed by atoms with E-state index >= 15 is 0 Å². The molecule has 12 aromatic rings. The van der Waals surface area contributed by atoms with Gasteiger partial charge in [0.15, 0.2) is 0 Å². The Morgan fingerprint density at radius 2 is 0.480 bits per heavy atom. The van der Waals surface area contributed by atoms with Gasteiger partial charge in [-0.2, -0.15) is 0 Å². The molecule has 0 fully saturated rings. The molecule has 2 aliphatic rings. The molecule has 0 atom stereocenters. The van der Waals surface area contributed by atoms with Crippen LogP contribution in [-0.4, -0.2) is 0 Å². The molecule has 2 aliphatic carbocycles. The van der Waals surface area contributed by atoms with Gasteiger partial charge in [-0.3, -0.25) is 0 Å². The van der Waals surface area contributed by atoms with Gasteiger partial charge >= 0.3 is 0 Å². The van der Waals surface area contributed by atoms with E-state index in [-0.39, 0.29) is 0 Å². The van der Waals surface area contributed by atoms with Crippen LogP contribution in [-0.2, 0) is 5.41 Å². The zero-order valence-corrected chi connectivity index (χ0v) is 41.3. The van der Waals surface area contributed by atoms with Crippen molar-refractivity contribution in [2.75, 3.05) is 9.80 Å². The molecule has 0 N–H and O–H groups in total. The number of hydrogen-bond acceptors (Lipinski definition) is 2. The zero-order chi connectivity index (χ0) is 49.7. The van der Waals surface area contributed by atoms with Crippen LogP contribution in [0.5, 0.6) is 0 Å². The normalized spacial score (nSPS) is 12.4. The van der Waals surface area contributed by atoms with E-state index < -0.39 is 5.41 Å². The molecule has 0 heterocycles. The summed E-state index contributed by atoms with van der Waals surface area (Å²) >= 11 is 0. The molecule has 0 saturated heterocycles. The van der Waals surface area contributed by atoms with Crippen LogP contribution >= 0.6 is 0 Å². The van der Waals surface area contributed by atoms with Crippen molar-refractivity contribution in [2.45, 2.75) is 5.41 Å². The Balaban J connectivity index is 1.07. The Bertz CT molecular complexity index is 3790. The molecule has 352 valence electrons. The highest BCUT2D eigenvalue weighted by Crippen LogP contribution is 2.65. The summed E-state index contributed by atoms with van der Waals surface area (Å²) in [4.78, 5) is 4.97. The smallest absolute Gasteiger partial charge is 0.0727 e. The lowest BCUT2D eigenvalue weighted by Crippen LogP contribution is -2.26. The zero-order valence-electron chi connectivity index (χ0n) is 41.3. The number of rotatable bonds is 10. The van der Waals surface area contributed by atoms with Gasteiger partial charge in [-0.1, -0.05) is 243 Å². The van der Waals surface area contributed by atoms with Gasteiger partial charge in [-0.05, 0) is 144 Å². The van der Waals surface area contributed by atoms with E-state index in [0.717, 1.165) is 34.1 Å². The van der Waals surface area contributed by atoms with Gasteiger partial charge in [0.25, 0.3) is 0 Å². The molecule has 1 spiro atoms. The van der Waals surface area contributed by atoms with Crippen molar-refractivity contribution in [2.24, 2.45) is 0 Å². The lowest BCUT2D eigenvalue weighted by molar-refractivity contribution is 0.793. The van der Waals surface area contributed by atoms with Crippen LogP contribution in [0, 0.1) is 0 Å². The maximum atomic E-state index is 2.52. The van der Waals surface area contributed by atoms with E-state index in [4.69, 9.17) is 0 Å². The average Bonchev–Trinajstić information content (AvgIpc) is 4.15. The summed E-state index contributed by atoms with van der Waals surface area (Å²) in [6.45, 7) is 0. The first-order chi connectivity index (χ1) is 37.2.